The van der Waals surface area contributed by atoms with E-state index in [1.807, 2.05) is 24.4 Å². The van der Waals surface area contributed by atoms with Crippen LogP contribution >= 0.6 is 0 Å². The van der Waals surface area contributed by atoms with Gasteiger partial charge in [-0.1, -0.05) is 13.8 Å². The van der Waals surface area contributed by atoms with Gasteiger partial charge in [-0.15, -0.1) is 0 Å². The standard InChI is InChI=1S/C25H32N6O2/c1-5-17-13-20(14-22(32-3)24(17)33-4)29-25-27-10-9-21(30-25)18-7-8-23(28-15-18)31-12-11-26-19(6-2)16-31/h7-10,13-15,19,26H,5-6,11-12,16H2,1-4H3,(H,27,29,30). The summed E-state index contributed by atoms with van der Waals surface area (Å²) in [5.41, 5.74) is 3.66. The summed E-state index contributed by atoms with van der Waals surface area (Å²) >= 11 is 0. The largest absolute Gasteiger partial charge is 0.493 e. The minimum Gasteiger partial charge on any atom is -0.493 e. The number of piperazine rings is 1. The van der Waals surface area contributed by atoms with Crippen LogP contribution in [0.1, 0.15) is 25.8 Å². The number of hydrogen-bond donors (Lipinski definition) is 2. The van der Waals surface area contributed by atoms with Gasteiger partial charge in [-0.05, 0) is 42.7 Å². The van der Waals surface area contributed by atoms with Crippen molar-refractivity contribution in [3.05, 3.63) is 48.3 Å². The maximum absolute atomic E-state index is 5.51. The van der Waals surface area contributed by atoms with E-state index in [1.54, 1.807) is 20.4 Å². The van der Waals surface area contributed by atoms with Gasteiger partial charge in [-0.2, -0.15) is 0 Å². The molecule has 1 fully saturated rings. The Labute approximate surface area is 195 Å². The van der Waals surface area contributed by atoms with Crippen molar-refractivity contribution < 1.29 is 9.47 Å². The zero-order valence-corrected chi connectivity index (χ0v) is 19.8. The number of nitrogens with one attached hydrogen (secondary N) is 2. The molecule has 1 aliphatic rings. The fraction of sp³-hybridized carbons (Fsp3) is 0.400. The van der Waals surface area contributed by atoms with Crippen LogP contribution in [0.15, 0.2) is 42.7 Å². The first-order valence-electron chi connectivity index (χ1n) is 11.4. The molecular weight excluding hydrogens is 416 g/mol. The zero-order chi connectivity index (χ0) is 23.2. The molecule has 1 aliphatic heterocycles. The third-order valence-corrected chi connectivity index (χ3v) is 5.96. The Balaban J connectivity index is 1.53. The maximum Gasteiger partial charge on any atom is 0.227 e. The summed E-state index contributed by atoms with van der Waals surface area (Å²) in [6.07, 6.45) is 5.57. The van der Waals surface area contributed by atoms with Crippen molar-refractivity contribution >= 4 is 17.5 Å². The molecule has 8 nitrogen and oxygen atoms in total. The van der Waals surface area contributed by atoms with Crippen molar-refractivity contribution in [2.24, 2.45) is 0 Å². The Kier molecular flexibility index (Phi) is 7.24. The average molecular weight is 449 g/mol. The summed E-state index contributed by atoms with van der Waals surface area (Å²) in [5, 5.41) is 6.84. The maximum atomic E-state index is 5.51. The van der Waals surface area contributed by atoms with Crippen LogP contribution in [0.4, 0.5) is 17.5 Å². The number of aryl methyl sites for hydroxylation is 1. The SMILES string of the molecule is CCc1cc(Nc2nccc(-c3ccc(N4CCNC(CC)C4)nc3)n2)cc(OC)c1OC. The lowest BCUT2D eigenvalue weighted by Crippen LogP contribution is -2.50. The van der Waals surface area contributed by atoms with E-state index in [0.29, 0.717) is 17.7 Å². The van der Waals surface area contributed by atoms with Gasteiger partial charge < -0.3 is 25.0 Å². The molecule has 4 rings (SSSR count). The lowest BCUT2D eigenvalue weighted by molar-refractivity contribution is 0.352. The molecule has 1 unspecified atom stereocenters. The predicted molar refractivity (Wildman–Crippen MR) is 132 cm³/mol. The topological polar surface area (TPSA) is 84.4 Å². The van der Waals surface area contributed by atoms with Crippen LogP contribution < -0.4 is 25.0 Å². The number of pyridine rings is 1. The molecule has 2 N–H and O–H groups in total. The minimum absolute atomic E-state index is 0.513. The Morgan fingerprint density at radius 1 is 1.12 bits per heavy atom. The van der Waals surface area contributed by atoms with E-state index in [1.165, 1.54) is 0 Å². The molecule has 1 aromatic carbocycles. The van der Waals surface area contributed by atoms with Crippen LogP contribution in [0.3, 0.4) is 0 Å². The van der Waals surface area contributed by atoms with Crippen molar-refractivity contribution in [1.82, 2.24) is 20.3 Å². The van der Waals surface area contributed by atoms with E-state index >= 15 is 0 Å². The van der Waals surface area contributed by atoms with Crippen LogP contribution in [0.25, 0.3) is 11.3 Å². The Morgan fingerprint density at radius 3 is 2.70 bits per heavy atom. The molecule has 3 aromatic rings. The van der Waals surface area contributed by atoms with E-state index in [4.69, 9.17) is 19.4 Å². The molecule has 0 radical (unpaired) electrons. The van der Waals surface area contributed by atoms with E-state index in [0.717, 1.165) is 66.6 Å². The predicted octanol–water partition coefficient (Wildman–Crippen LogP) is 4.05. The molecule has 0 amide bonds. The number of ether oxygens (including phenoxy) is 2. The lowest BCUT2D eigenvalue weighted by Gasteiger charge is -2.34. The molecule has 0 spiro atoms. The Bertz CT molecular complexity index is 1050. The number of nitrogens with zero attached hydrogens (tertiary/aromatic N) is 4. The summed E-state index contributed by atoms with van der Waals surface area (Å²) in [4.78, 5) is 16.1. The summed E-state index contributed by atoms with van der Waals surface area (Å²) in [7, 11) is 3.29. The normalized spacial score (nSPS) is 15.9. The molecule has 33 heavy (non-hydrogen) atoms. The van der Waals surface area contributed by atoms with Crippen LogP contribution in [-0.2, 0) is 6.42 Å². The Hall–Kier alpha value is -3.39. The van der Waals surface area contributed by atoms with Crippen LogP contribution in [0, 0.1) is 0 Å². The van der Waals surface area contributed by atoms with E-state index < -0.39 is 0 Å². The first-order chi connectivity index (χ1) is 16.1. The fourth-order valence-corrected chi connectivity index (χ4v) is 4.12. The van der Waals surface area contributed by atoms with Gasteiger partial charge in [0.05, 0.1) is 19.9 Å². The van der Waals surface area contributed by atoms with Gasteiger partial charge in [0, 0.05) is 55.4 Å². The van der Waals surface area contributed by atoms with Crippen LogP contribution in [-0.4, -0.2) is 54.8 Å². The van der Waals surface area contributed by atoms with Crippen LogP contribution in [0.2, 0.25) is 0 Å². The molecule has 1 saturated heterocycles. The van der Waals surface area contributed by atoms with Crippen molar-refractivity contribution in [3.8, 4) is 22.8 Å². The summed E-state index contributed by atoms with van der Waals surface area (Å²) < 4.78 is 11.0. The van der Waals surface area contributed by atoms with Gasteiger partial charge in [0.2, 0.25) is 5.95 Å². The number of methoxy groups -OCH3 is 2. The fourth-order valence-electron chi connectivity index (χ4n) is 4.12. The summed E-state index contributed by atoms with van der Waals surface area (Å²) in [6, 6.07) is 10.5. The molecular formula is C25H32N6O2. The monoisotopic (exact) mass is 448 g/mol. The molecule has 0 saturated carbocycles. The van der Waals surface area contributed by atoms with E-state index in [-0.39, 0.29) is 0 Å². The van der Waals surface area contributed by atoms with E-state index in [9.17, 15) is 0 Å². The first-order valence-corrected chi connectivity index (χ1v) is 11.4. The van der Waals surface area contributed by atoms with E-state index in [2.05, 4.69) is 46.5 Å². The molecule has 1 atom stereocenters. The second-order valence-corrected chi connectivity index (χ2v) is 8.03. The molecule has 3 heterocycles. The molecule has 174 valence electrons. The highest BCUT2D eigenvalue weighted by Crippen LogP contribution is 2.35. The third kappa shape index (κ3) is 5.17. The Morgan fingerprint density at radius 2 is 2.00 bits per heavy atom. The van der Waals surface area contributed by atoms with Gasteiger partial charge in [0.1, 0.15) is 5.82 Å². The number of aromatic nitrogens is 3. The first kappa shape index (κ1) is 22.8. The van der Waals surface area contributed by atoms with Gasteiger partial charge in [0.15, 0.2) is 11.5 Å². The highest BCUT2D eigenvalue weighted by Gasteiger charge is 2.19. The summed E-state index contributed by atoms with van der Waals surface area (Å²) in [5.74, 6) is 2.94. The van der Waals surface area contributed by atoms with Crippen molar-refractivity contribution in [3.63, 3.8) is 0 Å². The second kappa shape index (κ2) is 10.5. The highest BCUT2D eigenvalue weighted by molar-refractivity contribution is 5.65. The third-order valence-electron chi connectivity index (χ3n) is 5.96. The van der Waals surface area contributed by atoms with Gasteiger partial charge in [-0.25, -0.2) is 15.0 Å². The average Bonchev–Trinajstić information content (AvgIpc) is 2.88. The van der Waals surface area contributed by atoms with Crippen molar-refractivity contribution in [1.29, 1.82) is 0 Å². The lowest BCUT2D eigenvalue weighted by atomic mass is 10.1. The number of rotatable bonds is 8. The van der Waals surface area contributed by atoms with Crippen molar-refractivity contribution in [2.45, 2.75) is 32.7 Å². The molecule has 2 aromatic heterocycles. The molecule has 0 bridgehead atoms. The number of benzene rings is 1. The van der Waals surface area contributed by atoms with Gasteiger partial charge in [0.25, 0.3) is 0 Å². The van der Waals surface area contributed by atoms with Gasteiger partial charge in [-0.3, -0.25) is 0 Å². The summed E-state index contributed by atoms with van der Waals surface area (Å²) in [6.45, 7) is 7.23. The zero-order valence-electron chi connectivity index (χ0n) is 19.8. The molecule has 0 aliphatic carbocycles. The quantitative estimate of drug-likeness (QED) is 0.534. The second-order valence-electron chi connectivity index (χ2n) is 8.03. The smallest absolute Gasteiger partial charge is 0.227 e. The number of hydrogen-bond acceptors (Lipinski definition) is 8. The highest BCUT2D eigenvalue weighted by atomic mass is 16.5. The number of anilines is 3. The van der Waals surface area contributed by atoms with Gasteiger partial charge >= 0.3 is 0 Å². The van der Waals surface area contributed by atoms with Crippen LogP contribution in [0.5, 0.6) is 11.5 Å². The molecule has 8 heteroatoms. The minimum atomic E-state index is 0.513. The van der Waals surface area contributed by atoms with Crippen molar-refractivity contribution in [2.75, 3.05) is 44.1 Å².